The van der Waals surface area contributed by atoms with E-state index in [4.69, 9.17) is 0 Å². The first kappa shape index (κ1) is 18.4. The predicted molar refractivity (Wildman–Crippen MR) is 97.0 cm³/mol. The van der Waals surface area contributed by atoms with Crippen LogP contribution in [0.25, 0.3) is 0 Å². The van der Waals surface area contributed by atoms with E-state index in [1.165, 1.54) is 4.90 Å². The Balaban J connectivity index is 1.87. The summed E-state index contributed by atoms with van der Waals surface area (Å²) in [5, 5.41) is -0.271. The summed E-state index contributed by atoms with van der Waals surface area (Å²) in [5.74, 6) is -0.0796. The van der Waals surface area contributed by atoms with Crippen LogP contribution in [-0.4, -0.2) is 42.3 Å². The van der Waals surface area contributed by atoms with E-state index in [2.05, 4.69) is 4.72 Å². The van der Waals surface area contributed by atoms with Crippen LogP contribution in [0.4, 0.5) is 4.79 Å². The van der Waals surface area contributed by atoms with E-state index in [1.54, 1.807) is 19.1 Å². The molecule has 2 atom stereocenters. The maximum atomic E-state index is 12.9. The van der Waals surface area contributed by atoms with Gasteiger partial charge in [0.15, 0.2) is 0 Å². The Hall–Kier alpha value is -1.38. The van der Waals surface area contributed by atoms with Crippen LogP contribution >= 0.6 is 11.8 Å². The summed E-state index contributed by atoms with van der Waals surface area (Å²) in [7, 11) is -3.72. The number of imide groups is 1. The standard InChI is InChI=1S/C17H22N2O4S2/c1-11-7-8-12(2)15(9-11)25(22,23)18-13-5-3-4-6-14(13)19-16(20)10-24-17(19)21/h7-9,13-14,18H,3-6,10H2,1-2H3/t13-,14+/m1/s1. The van der Waals surface area contributed by atoms with E-state index in [-0.39, 0.29) is 21.8 Å². The highest BCUT2D eigenvalue weighted by Crippen LogP contribution is 2.31. The van der Waals surface area contributed by atoms with Gasteiger partial charge < -0.3 is 0 Å². The monoisotopic (exact) mass is 382 g/mol. The number of amides is 2. The summed E-state index contributed by atoms with van der Waals surface area (Å²) >= 11 is 0.988. The number of rotatable bonds is 4. The first-order valence-electron chi connectivity index (χ1n) is 8.38. The van der Waals surface area contributed by atoms with Crippen molar-refractivity contribution in [2.75, 3.05) is 5.75 Å². The second-order valence-electron chi connectivity index (χ2n) is 6.67. The van der Waals surface area contributed by atoms with E-state index in [0.717, 1.165) is 30.2 Å². The number of hydrogen-bond acceptors (Lipinski definition) is 5. The van der Waals surface area contributed by atoms with Crippen molar-refractivity contribution < 1.29 is 18.0 Å². The molecule has 1 N–H and O–H groups in total. The zero-order chi connectivity index (χ0) is 18.2. The molecule has 25 heavy (non-hydrogen) atoms. The van der Waals surface area contributed by atoms with E-state index < -0.39 is 22.1 Å². The van der Waals surface area contributed by atoms with Gasteiger partial charge in [-0.3, -0.25) is 14.5 Å². The van der Waals surface area contributed by atoms with Crippen molar-refractivity contribution in [3.8, 4) is 0 Å². The molecule has 1 aromatic carbocycles. The second-order valence-corrected chi connectivity index (χ2v) is 9.28. The highest BCUT2D eigenvalue weighted by Gasteiger charge is 2.42. The molecule has 3 rings (SSSR count). The smallest absolute Gasteiger partial charge is 0.273 e. The number of carbonyl (C=O) groups excluding carboxylic acids is 2. The molecule has 2 amide bonds. The van der Waals surface area contributed by atoms with Gasteiger partial charge in [-0.25, -0.2) is 13.1 Å². The molecular weight excluding hydrogens is 360 g/mol. The van der Waals surface area contributed by atoms with Crippen LogP contribution in [-0.2, 0) is 14.8 Å². The van der Waals surface area contributed by atoms with Crippen LogP contribution in [0.3, 0.4) is 0 Å². The molecule has 0 radical (unpaired) electrons. The average molecular weight is 383 g/mol. The molecule has 1 heterocycles. The van der Waals surface area contributed by atoms with Crippen LogP contribution in [0.15, 0.2) is 23.1 Å². The van der Waals surface area contributed by atoms with Crippen LogP contribution in [0.1, 0.15) is 36.8 Å². The maximum Gasteiger partial charge on any atom is 0.289 e. The molecule has 0 aromatic heterocycles. The molecule has 2 aliphatic rings. The zero-order valence-electron chi connectivity index (χ0n) is 14.3. The average Bonchev–Trinajstić information content (AvgIpc) is 2.89. The van der Waals surface area contributed by atoms with Crippen molar-refractivity contribution in [2.45, 2.75) is 56.5 Å². The molecule has 1 saturated heterocycles. The van der Waals surface area contributed by atoms with Gasteiger partial charge in [0.05, 0.1) is 16.7 Å². The lowest BCUT2D eigenvalue weighted by Gasteiger charge is -2.36. The van der Waals surface area contributed by atoms with Gasteiger partial charge in [-0.05, 0) is 43.9 Å². The number of nitrogens with one attached hydrogen (secondary N) is 1. The fourth-order valence-corrected chi connectivity index (χ4v) is 5.90. The Morgan fingerprint density at radius 3 is 2.56 bits per heavy atom. The molecule has 1 aromatic rings. The summed E-state index contributed by atoms with van der Waals surface area (Å²) in [6.07, 6.45) is 3.02. The first-order chi connectivity index (χ1) is 11.8. The topological polar surface area (TPSA) is 83.6 Å². The molecule has 2 fully saturated rings. The van der Waals surface area contributed by atoms with Crippen molar-refractivity contribution >= 4 is 32.9 Å². The van der Waals surface area contributed by atoms with Gasteiger partial charge >= 0.3 is 0 Å². The van der Waals surface area contributed by atoms with Gasteiger partial charge in [0.1, 0.15) is 0 Å². The number of benzene rings is 1. The number of aryl methyl sites for hydroxylation is 2. The van der Waals surface area contributed by atoms with E-state index in [9.17, 15) is 18.0 Å². The molecule has 1 aliphatic carbocycles. The highest BCUT2D eigenvalue weighted by atomic mass is 32.2. The van der Waals surface area contributed by atoms with E-state index in [1.807, 2.05) is 13.0 Å². The molecule has 136 valence electrons. The molecule has 6 nitrogen and oxygen atoms in total. The number of thioether (sulfide) groups is 1. The fraction of sp³-hybridized carbons (Fsp3) is 0.529. The number of carbonyl (C=O) groups is 2. The van der Waals surface area contributed by atoms with Crippen LogP contribution in [0, 0.1) is 13.8 Å². The summed E-state index contributed by atoms with van der Waals surface area (Å²) < 4.78 is 28.5. The predicted octanol–water partition coefficient (Wildman–Crippen LogP) is 2.59. The van der Waals surface area contributed by atoms with Gasteiger partial charge in [-0.1, -0.05) is 36.7 Å². The zero-order valence-corrected chi connectivity index (χ0v) is 16.0. The highest BCUT2D eigenvalue weighted by molar-refractivity contribution is 8.14. The van der Waals surface area contributed by atoms with E-state index in [0.29, 0.717) is 18.4 Å². The third-order valence-corrected chi connectivity index (χ3v) is 7.25. The molecule has 0 unspecified atom stereocenters. The van der Waals surface area contributed by atoms with Crippen LogP contribution in [0.2, 0.25) is 0 Å². The van der Waals surface area contributed by atoms with Crippen molar-refractivity contribution in [2.24, 2.45) is 0 Å². The summed E-state index contributed by atoms with van der Waals surface area (Å²) in [6, 6.07) is 4.47. The first-order valence-corrected chi connectivity index (χ1v) is 10.8. The largest absolute Gasteiger partial charge is 0.289 e. The van der Waals surface area contributed by atoms with Gasteiger partial charge in [0.25, 0.3) is 5.24 Å². The van der Waals surface area contributed by atoms with Crippen molar-refractivity contribution in [3.63, 3.8) is 0 Å². The lowest BCUT2D eigenvalue weighted by Crippen LogP contribution is -2.54. The van der Waals surface area contributed by atoms with Gasteiger partial charge in [0.2, 0.25) is 15.9 Å². The summed E-state index contributed by atoms with van der Waals surface area (Å²) in [4.78, 5) is 25.6. The van der Waals surface area contributed by atoms with Crippen molar-refractivity contribution in [1.29, 1.82) is 0 Å². The molecule has 0 bridgehead atoms. The Bertz CT molecular complexity index is 791. The fourth-order valence-electron chi connectivity index (χ4n) is 3.50. The van der Waals surface area contributed by atoms with Crippen LogP contribution < -0.4 is 4.72 Å². The Labute approximate surface area is 152 Å². The second kappa shape index (κ2) is 7.09. The number of sulfonamides is 1. The molecular formula is C17H22N2O4S2. The molecule has 8 heteroatoms. The Morgan fingerprint density at radius 2 is 1.88 bits per heavy atom. The SMILES string of the molecule is Cc1ccc(C)c(S(=O)(=O)N[C@@H]2CCCC[C@@H]2N2C(=O)CSC2=O)c1. The third kappa shape index (κ3) is 3.75. The van der Waals surface area contributed by atoms with Crippen LogP contribution in [0.5, 0.6) is 0 Å². The quantitative estimate of drug-likeness (QED) is 0.865. The van der Waals surface area contributed by atoms with Crippen molar-refractivity contribution in [1.82, 2.24) is 9.62 Å². The van der Waals surface area contributed by atoms with Gasteiger partial charge in [-0.2, -0.15) is 0 Å². The number of hydrogen-bond donors (Lipinski definition) is 1. The normalized spacial score (nSPS) is 24.8. The van der Waals surface area contributed by atoms with Crippen molar-refractivity contribution in [3.05, 3.63) is 29.3 Å². The third-order valence-electron chi connectivity index (χ3n) is 4.79. The summed E-state index contributed by atoms with van der Waals surface area (Å²) in [6.45, 7) is 3.61. The minimum absolute atomic E-state index is 0.145. The minimum atomic E-state index is -3.72. The lowest BCUT2D eigenvalue weighted by molar-refractivity contribution is -0.127. The Morgan fingerprint density at radius 1 is 1.16 bits per heavy atom. The molecule has 1 aliphatic heterocycles. The van der Waals surface area contributed by atoms with Gasteiger partial charge in [-0.15, -0.1) is 0 Å². The summed E-state index contributed by atoms with van der Waals surface area (Å²) in [5.41, 5.74) is 1.54. The molecule has 1 saturated carbocycles. The van der Waals surface area contributed by atoms with E-state index >= 15 is 0 Å². The lowest BCUT2D eigenvalue weighted by atomic mass is 9.90. The molecule has 0 spiro atoms. The number of nitrogens with zero attached hydrogens (tertiary/aromatic N) is 1. The maximum absolute atomic E-state index is 12.9. The Kier molecular flexibility index (Phi) is 5.22. The van der Waals surface area contributed by atoms with Gasteiger partial charge in [0, 0.05) is 6.04 Å². The minimum Gasteiger partial charge on any atom is -0.273 e.